The minimum Gasteiger partial charge on any atom is -0.483 e. The Hall–Kier alpha value is -3.14. The molecule has 1 aliphatic rings. The molecule has 10 heteroatoms. The molecule has 1 atom stereocenters. The Labute approximate surface area is 180 Å². The van der Waals surface area contributed by atoms with Crippen LogP contribution >= 0.6 is 0 Å². The first-order chi connectivity index (χ1) is 15.0. The summed E-state index contributed by atoms with van der Waals surface area (Å²) in [7, 11) is 0. The first-order valence-electron chi connectivity index (χ1n) is 10.4. The summed E-state index contributed by atoms with van der Waals surface area (Å²) in [4.78, 5) is 36.9. The standard InChI is InChI=1S/C20H28N4O4.CH2O2/c1-2-16(25)11-22-19(26)14-3-5-15(6-4-14)23-20(27)18-8-7-17(28-18)12-24-10-9-21-13-24;2-1-3/h7-10,13-16,25H,2-6,11-12H2,1H3,(H,22,26)(H,23,27);1H,(H,2,3). The molecule has 3 rings (SSSR count). The van der Waals surface area contributed by atoms with E-state index in [0.29, 0.717) is 31.0 Å². The lowest BCUT2D eigenvalue weighted by molar-refractivity contribution is -0.126. The predicted octanol–water partition coefficient (Wildman–Crippen LogP) is 1.40. The first-order valence-corrected chi connectivity index (χ1v) is 10.4. The zero-order valence-corrected chi connectivity index (χ0v) is 17.6. The molecule has 0 radical (unpaired) electrons. The lowest BCUT2D eigenvalue weighted by Crippen LogP contribution is -2.42. The van der Waals surface area contributed by atoms with Crippen LogP contribution in [0.15, 0.2) is 35.3 Å². The third kappa shape index (κ3) is 7.89. The summed E-state index contributed by atoms with van der Waals surface area (Å²) < 4.78 is 7.50. The number of carbonyl (C=O) groups excluding carboxylic acids is 2. The highest BCUT2D eigenvalue weighted by molar-refractivity contribution is 5.91. The normalized spacial score (nSPS) is 18.9. The predicted molar refractivity (Wildman–Crippen MR) is 111 cm³/mol. The molecule has 0 aliphatic heterocycles. The maximum atomic E-state index is 12.4. The van der Waals surface area contributed by atoms with Crippen LogP contribution in [0, 0.1) is 5.92 Å². The number of carboxylic acid groups (broad SMARTS) is 1. The summed E-state index contributed by atoms with van der Waals surface area (Å²) in [5.74, 6) is 0.701. The van der Waals surface area contributed by atoms with Crippen LogP contribution in [0.3, 0.4) is 0 Å². The van der Waals surface area contributed by atoms with E-state index >= 15 is 0 Å². The number of furan rings is 1. The second-order valence-electron chi connectivity index (χ2n) is 7.44. The molecule has 1 saturated carbocycles. The number of carbonyl (C=O) groups is 3. The van der Waals surface area contributed by atoms with Crippen LogP contribution in [-0.4, -0.2) is 56.7 Å². The number of nitrogens with zero attached hydrogens (tertiary/aromatic N) is 2. The molecule has 0 aromatic carbocycles. The Morgan fingerprint density at radius 2 is 2.03 bits per heavy atom. The largest absolute Gasteiger partial charge is 0.483 e. The van der Waals surface area contributed by atoms with E-state index in [1.54, 1.807) is 24.7 Å². The number of amides is 2. The molecule has 170 valence electrons. The van der Waals surface area contributed by atoms with Gasteiger partial charge in [-0.2, -0.15) is 0 Å². The van der Waals surface area contributed by atoms with Crippen molar-refractivity contribution in [3.8, 4) is 0 Å². The zero-order valence-electron chi connectivity index (χ0n) is 17.6. The van der Waals surface area contributed by atoms with E-state index in [9.17, 15) is 14.7 Å². The van der Waals surface area contributed by atoms with Gasteiger partial charge in [-0.15, -0.1) is 0 Å². The second-order valence-corrected chi connectivity index (χ2v) is 7.44. The minimum atomic E-state index is -0.494. The molecule has 0 spiro atoms. The average Bonchev–Trinajstić information content (AvgIpc) is 3.45. The van der Waals surface area contributed by atoms with Crippen LogP contribution < -0.4 is 10.6 Å². The van der Waals surface area contributed by atoms with Crippen LogP contribution in [0.25, 0.3) is 0 Å². The van der Waals surface area contributed by atoms with Crippen LogP contribution in [-0.2, 0) is 16.1 Å². The monoisotopic (exact) mass is 434 g/mol. The Kier molecular flexibility index (Phi) is 9.76. The van der Waals surface area contributed by atoms with Crippen LogP contribution in [0.4, 0.5) is 0 Å². The topological polar surface area (TPSA) is 147 Å². The van der Waals surface area contributed by atoms with Crippen molar-refractivity contribution in [3.63, 3.8) is 0 Å². The fraction of sp³-hybridized carbons (Fsp3) is 0.524. The number of aliphatic hydroxyl groups excluding tert-OH is 1. The van der Waals surface area contributed by atoms with Gasteiger partial charge in [0.25, 0.3) is 12.4 Å². The van der Waals surface area contributed by atoms with Crippen molar-refractivity contribution in [1.29, 1.82) is 0 Å². The van der Waals surface area contributed by atoms with Gasteiger partial charge in [0.1, 0.15) is 5.76 Å². The van der Waals surface area contributed by atoms with Gasteiger partial charge < -0.3 is 29.8 Å². The van der Waals surface area contributed by atoms with Crippen molar-refractivity contribution in [2.45, 2.75) is 57.7 Å². The highest BCUT2D eigenvalue weighted by Gasteiger charge is 2.28. The molecule has 0 bridgehead atoms. The highest BCUT2D eigenvalue weighted by atomic mass is 16.4. The van der Waals surface area contributed by atoms with Crippen LogP contribution in [0.1, 0.15) is 55.3 Å². The van der Waals surface area contributed by atoms with Gasteiger partial charge in [-0.25, -0.2) is 4.98 Å². The van der Waals surface area contributed by atoms with E-state index in [0.717, 1.165) is 25.7 Å². The van der Waals surface area contributed by atoms with Crippen molar-refractivity contribution in [1.82, 2.24) is 20.2 Å². The average molecular weight is 434 g/mol. The zero-order chi connectivity index (χ0) is 22.6. The Bertz CT molecular complexity index is 812. The second kappa shape index (κ2) is 12.5. The van der Waals surface area contributed by atoms with Gasteiger partial charge in [0, 0.05) is 30.9 Å². The highest BCUT2D eigenvalue weighted by Crippen LogP contribution is 2.25. The SMILES string of the molecule is CCC(O)CNC(=O)C1CCC(NC(=O)c2ccc(Cn3ccnc3)o2)CC1.O=CO. The van der Waals surface area contributed by atoms with E-state index in [1.807, 2.05) is 17.7 Å². The number of aromatic nitrogens is 2. The van der Waals surface area contributed by atoms with Crippen molar-refractivity contribution in [3.05, 3.63) is 42.4 Å². The molecule has 2 amide bonds. The van der Waals surface area contributed by atoms with E-state index < -0.39 is 6.10 Å². The van der Waals surface area contributed by atoms with E-state index in [4.69, 9.17) is 14.3 Å². The Morgan fingerprint density at radius 1 is 1.32 bits per heavy atom. The van der Waals surface area contributed by atoms with Gasteiger partial charge in [-0.3, -0.25) is 14.4 Å². The van der Waals surface area contributed by atoms with Gasteiger partial charge in [0.05, 0.1) is 19.0 Å². The van der Waals surface area contributed by atoms with Gasteiger partial charge in [0.2, 0.25) is 5.91 Å². The third-order valence-electron chi connectivity index (χ3n) is 5.20. The van der Waals surface area contributed by atoms with Gasteiger partial charge >= 0.3 is 0 Å². The third-order valence-corrected chi connectivity index (χ3v) is 5.20. The quantitative estimate of drug-likeness (QED) is 0.459. The molecule has 1 fully saturated rings. The maximum Gasteiger partial charge on any atom is 0.290 e. The number of imidazole rings is 1. The van der Waals surface area contributed by atoms with Gasteiger partial charge in [-0.05, 0) is 44.2 Å². The summed E-state index contributed by atoms with van der Waals surface area (Å²) in [6.07, 6.45) is 8.30. The Balaban J connectivity index is 0.00000107. The fourth-order valence-corrected chi connectivity index (χ4v) is 3.41. The molecule has 2 heterocycles. The molecular formula is C21H30N4O6. The summed E-state index contributed by atoms with van der Waals surface area (Å²) in [6.45, 7) is 2.45. The first kappa shape index (κ1) is 24.1. The summed E-state index contributed by atoms with van der Waals surface area (Å²) >= 11 is 0. The molecular weight excluding hydrogens is 404 g/mol. The number of hydrogen-bond acceptors (Lipinski definition) is 6. The van der Waals surface area contributed by atoms with Gasteiger partial charge in [0.15, 0.2) is 5.76 Å². The van der Waals surface area contributed by atoms with E-state index in [-0.39, 0.29) is 30.2 Å². The summed E-state index contributed by atoms with van der Waals surface area (Å²) in [5.41, 5.74) is 0. The molecule has 10 nitrogen and oxygen atoms in total. The fourth-order valence-electron chi connectivity index (χ4n) is 3.41. The number of hydrogen-bond donors (Lipinski definition) is 4. The maximum absolute atomic E-state index is 12.4. The molecule has 0 saturated heterocycles. The molecule has 2 aromatic rings. The minimum absolute atomic E-state index is 0.00699. The molecule has 1 aliphatic carbocycles. The number of nitrogens with one attached hydrogen (secondary N) is 2. The van der Waals surface area contributed by atoms with Crippen molar-refractivity contribution < 1.29 is 29.0 Å². The van der Waals surface area contributed by atoms with Crippen LogP contribution in [0.2, 0.25) is 0 Å². The van der Waals surface area contributed by atoms with E-state index in [1.165, 1.54) is 0 Å². The molecule has 1 unspecified atom stereocenters. The smallest absolute Gasteiger partial charge is 0.290 e. The van der Waals surface area contributed by atoms with Crippen molar-refractivity contribution in [2.24, 2.45) is 5.92 Å². The lowest BCUT2D eigenvalue weighted by atomic mass is 9.85. The molecule has 4 N–H and O–H groups in total. The summed E-state index contributed by atoms with van der Waals surface area (Å²) in [6, 6.07) is 3.51. The van der Waals surface area contributed by atoms with E-state index in [2.05, 4.69) is 15.6 Å². The number of rotatable bonds is 8. The number of aliphatic hydroxyl groups is 1. The van der Waals surface area contributed by atoms with Crippen molar-refractivity contribution in [2.75, 3.05) is 6.54 Å². The molecule has 31 heavy (non-hydrogen) atoms. The Morgan fingerprint density at radius 3 is 2.65 bits per heavy atom. The van der Waals surface area contributed by atoms with Crippen molar-refractivity contribution >= 4 is 18.3 Å². The van der Waals surface area contributed by atoms with Gasteiger partial charge in [-0.1, -0.05) is 6.92 Å². The molecule has 2 aromatic heterocycles. The lowest BCUT2D eigenvalue weighted by Gasteiger charge is -2.28. The van der Waals surface area contributed by atoms with Crippen LogP contribution in [0.5, 0.6) is 0 Å². The summed E-state index contributed by atoms with van der Waals surface area (Å²) in [5, 5.41) is 22.3.